The summed E-state index contributed by atoms with van der Waals surface area (Å²) in [6, 6.07) is 17.7. The van der Waals surface area contributed by atoms with Crippen molar-refractivity contribution in [2.75, 3.05) is 0 Å². The molecule has 0 aliphatic heterocycles. The van der Waals surface area contributed by atoms with Crippen LogP contribution in [-0.2, 0) is 0 Å². The van der Waals surface area contributed by atoms with Crippen LogP contribution in [0.25, 0.3) is 34.1 Å². The van der Waals surface area contributed by atoms with Gasteiger partial charge in [0.05, 0.1) is 0 Å². The second-order valence-electron chi connectivity index (χ2n) is 4.93. The number of furan rings is 1. The van der Waals surface area contributed by atoms with E-state index in [0.29, 0.717) is 17.5 Å². The molecule has 4 aromatic rings. The molecule has 0 aliphatic carbocycles. The van der Waals surface area contributed by atoms with Gasteiger partial charge in [0.1, 0.15) is 5.58 Å². The van der Waals surface area contributed by atoms with Crippen molar-refractivity contribution in [3.8, 4) is 23.1 Å². The van der Waals surface area contributed by atoms with E-state index in [0.717, 1.165) is 16.5 Å². The maximum Gasteiger partial charge on any atom is 0.283 e. The molecule has 102 valence electrons. The molecule has 2 aromatic carbocycles. The van der Waals surface area contributed by atoms with E-state index < -0.39 is 0 Å². The first-order valence-corrected chi connectivity index (χ1v) is 6.69. The number of hydrogen-bond acceptors (Lipinski definition) is 4. The lowest BCUT2D eigenvalue weighted by Crippen LogP contribution is -1.77. The molecule has 0 spiro atoms. The third kappa shape index (κ3) is 2.10. The molecule has 2 aromatic heterocycles. The first-order chi connectivity index (χ1) is 10.3. The summed E-state index contributed by atoms with van der Waals surface area (Å²) in [5.41, 5.74) is 2.90. The van der Waals surface area contributed by atoms with E-state index in [1.165, 1.54) is 5.56 Å². The summed E-state index contributed by atoms with van der Waals surface area (Å²) < 4.78 is 11.4. The van der Waals surface area contributed by atoms with E-state index in [-0.39, 0.29) is 0 Å². The zero-order chi connectivity index (χ0) is 14.2. The summed E-state index contributed by atoms with van der Waals surface area (Å²) in [7, 11) is 0. The SMILES string of the molecule is Cc1ccc(-c2nnc(-c3cc4ccccc4o3)o2)cc1. The molecule has 0 N–H and O–H groups in total. The summed E-state index contributed by atoms with van der Waals surface area (Å²) in [6.45, 7) is 2.04. The molecule has 0 bridgehead atoms. The fourth-order valence-electron chi connectivity index (χ4n) is 2.22. The first-order valence-electron chi connectivity index (χ1n) is 6.69. The second-order valence-corrected chi connectivity index (χ2v) is 4.93. The standard InChI is InChI=1S/C17H12N2O2/c1-11-6-8-12(9-7-11)16-18-19-17(21-16)15-10-13-4-2-3-5-14(13)20-15/h2-10H,1H3. The van der Waals surface area contributed by atoms with Gasteiger partial charge >= 0.3 is 0 Å². The van der Waals surface area contributed by atoms with Gasteiger partial charge < -0.3 is 8.83 Å². The topological polar surface area (TPSA) is 52.1 Å². The molecular weight excluding hydrogens is 264 g/mol. The predicted octanol–water partition coefficient (Wildman–Crippen LogP) is 4.46. The van der Waals surface area contributed by atoms with Crippen LogP contribution in [0, 0.1) is 6.92 Å². The molecule has 4 rings (SSSR count). The van der Waals surface area contributed by atoms with Crippen LogP contribution in [0.15, 0.2) is 63.4 Å². The minimum absolute atomic E-state index is 0.391. The number of hydrogen-bond donors (Lipinski definition) is 0. The van der Waals surface area contributed by atoms with Crippen LogP contribution >= 0.6 is 0 Å². The van der Waals surface area contributed by atoms with Crippen molar-refractivity contribution in [1.29, 1.82) is 0 Å². The van der Waals surface area contributed by atoms with E-state index in [2.05, 4.69) is 10.2 Å². The van der Waals surface area contributed by atoms with Gasteiger partial charge in [0, 0.05) is 10.9 Å². The van der Waals surface area contributed by atoms with E-state index in [1.54, 1.807) is 0 Å². The smallest absolute Gasteiger partial charge is 0.283 e. The fourth-order valence-corrected chi connectivity index (χ4v) is 2.22. The van der Waals surface area contributed by atoms with Gasteiger partial charge in [0.25, 0.3) is 5.89 Å². The van der Waals surface area contributed by atoms with Gasteiger partial charge in [-0.3, -0.25) is 0 Å². The molecule has 0 saturated carbocycles. The Bertz CT molecular complexity index is 871. The van der Waals surface area contributed by atoms with Crippen molar-refractivity contribution in [1.82, 2.24) is 10.2 Å². The van der Waals surface area contributed by atoms with E-state index in [9.17, 15) is 0 Å². The minimum Gasteiger partial charge on any atom is -0.451 e. The molecule has 0 amide bonds. The molecule has 4 nitrogen and oxygen atoms in total. The molecule has 0 fully saturated rings. The molecule has 2 heterocycles. The third-order valence-electron chi connectivity index (χ3n) is 3.36. The number of nitrogens with zero attached hydrogens (tertiary/aromatic N) is 2. The Morgan fingerprint density at radius 1 is 0.810 bits per heavy atom. The number of aryl methyl sites for hydroxylation is 1. The van der Waals surface area contributed by atoms with Gasteiger partial charge in [-0.15, -0.1) is 10.2 Å². The summed E-state index contributed by atoms with van der Waals surface area (Å²) in [5.74, 6) is 1.47. The van der Waals surface area contributed by atoms with Crippen molar-refractivity contribution in [3.63, 3.8) is 0 Å². The molecular formula is C17H12N2O2. The Kier molecular flexibility index (Phi) is 2.60. The summed E-state index contributed by atoms with van der Waals surface area (Å²) in [5, 5.41) is 9.17. The highest BCUT2D eigenvalue weighted by molar-refractivity contribution is 5.81. The predicted molar refractivity (Wildman–Crippen MR) is 79.7 cm³/mol. The summed E-state index contributed by atoms with van der Waals surface area (Å²) in [4.78, 5) is 0. The van der Waals surface area contributed by atoms with Crippen LogP contribution in [-0.4, -0.2) is 10.2 Å². The molecule has 0 radical (unpaired) electrons. The largest absolute Gasteiger partial charge is 0.451 e. The van der Waals surface area contributed by atoms with Crippen molar-refractivity contribution in [2.24, 2.45) is 0 Å². The van der Waals surface area contributed by atoms with Gasteiger partial charge in [-0.05, 0) is 31.2 Å². The van der Waals surface area contributed by atoms with Gasteiger partial charge in [0.15, 0.2) is 5.76 Å². The molecule has 21 heavy (non-hydrogen) atoms. The van der Waals surface area contributed by atoms with Crippen LogP contribution in [0.1, 0.15) is 5.56 Å². The zero-order valence-corrected chi connectivity index (χ0v) is 11.4. The maximum absolute atomic E-state index is 5.73. The number of rotatable bonds is 2. The minimum atomic E-state index is 0.391. The zero-order valence-electron chi connectivity index (χ0n) is 11.4. The van der Waals surface area contributed by atoms with E-state index in [1.807, 2.05) is 61.5 Å². The van der Waals surface area contributed by atoms with Gasteiger partial charge in [0.2, 0.25) is 5.89 Å². The first kappa shape index (κ1) is 11.9. The highest BCUT2D eigenvalue weighted by Gasteiger charge is 2.14. The average molecular weight is 276 g/mol. The van der Waals surface area contributed by atoms with Crippen LogP contribution in [0.4, 0.5) is 0 Å². The van der Waals surface area contributed by atoms with Crippen molar-refractivity contribution in [3.05, 3.63) is 60.2 Å². The highest BCUT2D eigenvalue weighted by Crippen LogP contribution is 2.28. The van der Waals surface area contributed by atoms with Gasteiger partial charge in [-0.2, -0.15) is 0 Å². The van der Waals surface area contributed by atoms with E-state index in [4.69, 9.17) is 8.83 Å². The number of aromatic nitrogens is 2. The monoisotopic (exact) mass is 276 g/mol. The fraction of sp³-hybridized carbons (Fsp3) is 0.0588. The van der Waals surface area contributed by atoms with Crippen molar-refractivity contribution >= 4 is 11.0 Å². The molecule has 0 saturated heterocycles. The molecule has 0 aliphatic rings. The van der Waals surface area contributed by atoms with E-state index >= 15 is 0 Å². The molecule has 0 atom stereocenters. The summed E-state index contributed by atoms with van der Waals surface area (Å²) >= 11 is 0. The second kappa shape index (κ2) is 4.59. The number of para-hydroxylation sites is 1. The van der Waals surface area contributed by atoms with Crippen molar-refractivity contribution in [2.45, 2.75) is 6.92 Å². The number of benzene rings is 2. The number of fused-ring (bicyclic) bond motifs is 1. The Morgan fingerprint density at radius 2 is 1.57 bits per heavy atom. The Labute approximate surface area is 121 Å². The average Bonchev–Trinajstić information content (AvgIpc) is 3.14. The molecule has 0 unspecified atom stereocenters. The lowest BCUT2D eigenvalue weighted by Gasteiger charge is -1.94. The molecule has 4 heteroatoms. The van der Waals surface area contributed by atoms with Crippen LogP contribution in [0.2, 0.25) is 0 Å². The Balaban J connectivity index is 1.75. The van der Waals surface area contributed by atoms with Crippen LogP contribution < -0.4 is 0 Å². The third-order valence-corrected chi connectivity index (χ3v) is 3.36. The van der Waals surface area contributed by atoms with Crippen LogP contribution in [0.5, 0.6) is 0 Å². The summed E-state index contributed by atoms with van der Waals surface area (Å²) in [6.07, 6.45) is 0. The highest BCUT2D eigenvalue weighted by atomic mass is 16.4. The van der Waals surface area contributed by atoms with Crippen LogP contribution in [0.3, 0.4) is 0 Å². The Hall–Kier alpha value is -2.88. The van der Waals surface area contributed by atoms with Crippen molar-refractivity contribution < 1.29 is 8.83 Å². The normalized spacial score (nSPS) is 11.1. The quantitative estimate of drug-likeness (QED) is 0.542. The Morgan fingerprint density at radius 3 is 2.38 bits per heavy atom. The van der Waals surface area contributed by atoms with Gasteiger partial charge in [-0.25, -0.2) is 0 Å². The lowest BCUT2D eigenvalue weighted by molar-refractivity contribution is 0.542. The van der Waals surface area contributed by atoms with Gasteiger partial charge in [-0.1, -0.05) is 35.9 Å². The lowest BCUT2D eigenvalue weighted by atomic mass is 10.1. The maximum atomic E-state index is 5.73.